The summed E-state index contributed by atoms with van der Waals surface area (Å²) in [6.07, 6.45) is -0.744. The molecule has 8 heteroatoms. The summed E-state index contributed by atoms with van der Waals surface area (Å²) in [4.78, 5) is 35.5. The molecule has 0 aliphatic rings. The van der Waals surface area contributed by atoms with E-state index in [9.17, 15) is 19.5 Å². The maximum atomic E-state index is 12.4. The average Bonchev–Trinajstić information content (AvgIpc) is 2.71. The molecule has 1 aromatic rings. The molecule has 0 aliphatic carbocycles. The van der Waals surface area contributed by atoms with Gasteiger partial charge in [0.2, 0.25) is 0 Å². The molecule has 0 atom stereocenters. The first-order valence-corrected chi connectivity index (χ1v) is 8.27. The van der Waals surface area contributed by atoms with Crippen molar-refractivity contribution in [3.63, 3.8) is 0 Å². The van der Waals surface area contributed by atoms with Crippen LogP contribution in [0.5, 0.6) is 0 Å². The van der Waals surface area contributed by atoms with Gasteiger partial charge < -0.3 is 14.6 Å². The molecule has 0 bridgehead atoms. The van der Waals surface area contributed by atoms with Crippen molar-refractivity contribution in [3.8, 4) is 0 Å². The van der Waals surface area contributed by atoms with Crippen LogP contribution in [0.3, 0.4) is 0 Å². The Kier molecular flexibility index (Phi) is 6.36. The van der Waals surface area contributed by atoms with Gasteiger partial charge in [0.15, 0.2) is 0 Å². The zero-order valence-electron chi connectivity index (χ0n) is 14.7. The fourth-order valence-electron chi connectivity index (χ4n) is 1.75. The van der Waals surface area contributed by atoms with Crippen LogP contribution in [0.25, 0.3) is 0 Å². The second-order valence-corrected chi connectivity index (χ2v) is 7.71. The number of carboxylic acid groups (broad SMARTS) is 1. The summed E-state index contributed by atoms with van der Waals surface area (Å²) in [5, 5.41) is 11.8. The molecule has 0 aromatic carbocycles. The van der Waals surface area contributed by atoms with Crippen LogP contribution in [-0.2, 0) is 9.47 Å². The Hall–Kier alpha value is -2.09. The Labute approximate surface area is 145 Å². The summed E-state index contributed by atoms with van der Waals surface area (Å²) >= 11 is 0.799. The lowest BCUT2D eigenvalue weighted by molar-refractivity contribution is 0.00705. The zero-order chi connectivity index (χ0) is 18.7. The van der Waals surface area contributed by atoms with Crippen molar-refractivity contribution in [2.75, 3.05) is 11.9 Å². The molecular formula is C16H23NO6S. The van der Waals surface area contributed by atoms with Gasteiger partial charge in [0.25, 0.3) is 0 Å². The van der Waals surface area contributed by atoms with Crippen LogP contribution in [0.15, 0.2) is 0 Å². The molecule has 0 fully saturated rings. The minimum Gasteiger partial charge on any atom is -0.477 e. The summed E-state index contributed by atoms with van der Waals surface area (Å²) < 4.78 is 10.3. The number of rotatable bonds is 5. The molecule has 134 valence electrons. The molecule has 1 heterocycles. The lowest BCUT2D eigenvalue weighted by Gasteiger charge is -2.20. The standard InChI is InChI=1S/C16H23NO6S/c1-8(2)7-22-15(21)17-12-10(14(20)23-16(4,5)6)9(3)11(24-12)13(18)19/h8H,7H2,1-6H3,(H,17,21)(H,18,19). The summed E-state index contributed by atoms with van der Waals surface area (Å²) in [6, 6.07) is 0. The molecule has 24 heavy (non-hydrogen) atoms. The third-order valence-corrected chi connectivity index (χ3v) is 3.90. The van der Waals surface area contributed by atoms with Crippen LogP contribution in [0, 0.1) is 12.8 Å². The molecule has 2 N–H and O–H groups in total. The summed E-state index contributed by atoms with van der Waals surface area (Å²) in [6.45, 7) is 10.6. The fraction of sp³-hybridized carbons (Fsp3) is 0.562. The molecule has 1 rings (SSSR count). The number of carbonyl (C=O) groups excluding carboxylic acids is 2. The van der Waals surface area contributed by atoms with Crippen LogP contribution in [-0.4, -0.2) is 35.3 Å². The van der Waals surface area contributed by atoms with Crippen LogP contribution >= 0.6 is 11.3 Å². The second kappa shape index (κ2) is 7.65. The highest BCUT2D eigenvalue weighted by Gasteiger charge is 2.29. The number of nitrogens with one attached hydrogen (secondary N) is 1. The van der Waals surface area contributed by atoms with E-state index < -0.39 is 23.6 Å². The minimum absolute atomic E-state index is 0.0324. The SMILES string of the molecule is Cc1c(C(=O)O)sc(NC(=O)OCC(C)C)c1C(=O)OC(C)(C)C. The minimum atomic E-state index is -1.18. The molecule has 0 aliphatic heterocycles. The van der Waals surface area contributed by atoms with Gasteiger partial charge in [0.1, 0.15) is 15.5 Å². The van der Waals surface area contributed by atoms with Crippen molar-refractivity contribution >= 4 is 34.4 Å². The molecule has 7 nitrogen and oxygen atoms in total. The van der Waals surface area contributed by atoms with Crippen LogP contribution in [0.4, 0.5) is 9.80 Å². The zero-order valence-corrected chi connectivity index (χ0v) is 15.5. The molecule has 0 saturated carbocycles. The first kappa shape index (κ1) is 20.0. The van der Waals surface area contributed by atoms with Crippen molar-refractivity contribution < 1.29 is 29.0 Å². The molecule has 0 radical (unpaired) electrons. The monoisotopic (exact) mass is 357 g/mol. The number of carboxylic acids is 1. The number of aromatic carboxylic acids is 1. The third-order valence-electron chi connectivity index (χ3n) is 2.71. The number of hydrogen-bond acceptors (Lipinski definition) is 6. The van der Waals surface area contributed by atoms with Crippen LogP contribution in [0.1, 0.15) is 60.2 Å². The molecular weight excluding hydrogens is 334 g/mol. The Morgan fingerprint density at radius 2 is 1.83 bits per heavy atom. The highest BCUT2D eigenvalue weighted by molar-refractivity contribution is 7.18. The highest BCUT2D eigenvalue weighted by Crippen LogP contribution is 2.34. The second-order valence-electron chi connectivity index (χ2n) is 6.68. The van der Waals surface area contributed by atoms with E-state index in [4.69, 9.17) is 9.47 Å². The first-order valence-electron chi connectivity index (χ1n) is 7.46. The van der Waals surface area contributed by atoms with Gasteiger partial charge in [0.05, 0.1) is 12.2 Å². The van der Waals surface area contributed by atoms with Gasteiger partial charge in [-0.1, -0.05) is 13.8 Å². The lowest BCUT2D eigenvalue weighted by Crippen LogP contribution is -2.25. The smallest absolute Gasteiger partial charge is 0.412 e. The average molecular weight is 357 g/mol. The van der Waals surface area contributed by atoms with Gasteiger partial charge in [-0.25, -0.2) is 14.4 Å². The van der Waals surface area contributed by atoms with E-state index in [1.54, 1.807) is 20.8 Å². The van der Waals surface area contributed by atoms with E-state index in [1.807, 2.05) is 13.8 Å². The van der Waals surface area contributed by atoms with E-state index in [-0.39, 0.29) is 33.5 Å². The maximum Gasteiger partial charge on any atom is 0.412 e. The van der Waals surface area contributed by atoms with Gasteiger partial charge in [-0.3, -0.25) is 5.32 Å². The molecule has 0 saturated heterocycles. The quantitative estimate of drug-likeness (QED) is 0.775. The largest absolute Gasteiger partial charge is 0.477 e. The Morgan fingerprint density at radius 3 is 2.29 bits per heavy atom. The summed E-state index contributed by atoms with van der Waals surface area (Å²) in [7, 11) is 0. The van der Waals surface area contributed by atoms with E-state index in [0.29, 0.717) is 0 Å². The number of esters is 1. The van der Waals surface area contributed by atoms with Crippen molar-refractivity contribution in [2.24, 2.45) is 5.92 Å². The topological polar surface area (TPSA) is 102 Å². The lowest BCUT2D eigenvalue weighted by atomic mass is 10.1. The Morgan fingerprint density at radius 1 is 1.25 bits per heavy atom. The van der Waals surface area contributed by atoms with Gasteiger partial charge in [0, 0.05) is 0 Å². The fourth-order valence-corrected chi connectivity index (χ4v) is 2.77. The molecule has 0 unspecified atom stereocenters. The number of carbonyl (C=O) groups is 3. The number of thiophene rings is 1. The van der Waals surface area contributed by atoms with E-state index in [1.165, 1.54) is 6.92 Å². The van der Waals surface area contributed by atoms with Crippen LogP contribution < -0.4 is 5.32 Å². The Balaban J connectivity index is 3.14. The van der Waals surface area contributed by atoms with Gasteiger partial charge in [-0.15, -0.1) is 11.3 Å². The van der Waals surface area contributed by atoms with E-state index >= 15 is 0 Å². The van der Waals surface area contributed by atoms with Crippen molar-refractivity contribution in [1.29, 1.82) is 0 Å². The normalized spacial score (nSPS) is 11.3. The number of hydrogen-bond donors (Lipinski definition) is 2. The van der Waals surface area contributed by atoms with Crippen LogP contribution in [0.2, 0.25) is 0 Å². The first-order chi connectivity index (χ1) is 10.9. The van der Waals surface area contributed by atoms with Gasteiger partial charge >= 0.3 is 18.0 Å². The molecule has 0 spiro atoms. The predicted molar refractivity (Wildman–Crippen MR) is 91.0 cm³/mol. The van der Waals surface area contributed by atoms with E-state index in [2.05, 4.69) is 5.32 Å². The predicted octanol–water partition coefficient (Wildman–Crippen LogP) is 3.91. The van der Waals surface area contributed by atoms with Gasteiger partial charge in [-0.2, -0.15) is 0 Å². The molecule has 1 amide bonds. The van der Waals surface area contributed by atoms with Crippen molar-refractivity contribution in [3.05, 3.63) is 16.0 Å². The molecule has 1 aromatic heterocycles. The maximum absolute atomic E-state index is 12.4. The number of amides is 1. The number of anilines is 1. The summed E-state index contributed by atoms with van der Waals surface area (Å²) in [5.74, 6) is -1.71. The van der Waals surface area contributed by atoms with Crippen molar-refractivity contribution in [1.82, 2.24) is 0 Å². The third kappa shape index (κ3) is 5.52. The Bertz CT molecular complexity index is 642. The van der Waals surface area contributed by atoms with E-state index in [0.717, 1.165) is 11.3 Å². The summed E-state index contributed by atoms with van der Waals surface area (Å²) in [5.41, 5.74) is -0.459. The number of ether oxygens (including phenoxy) is 2. The van der Waals surface area contributed by atoms with Gasteiger partial charge in [-0.05, 0) is 39.2 Å². The van der Waals surface area contributed by atoms with Crippen molar-refractivity contribution in [2.45, 2.75) is 47.1 Å². The highest BCUT2D eigenvalue weighted by atomic mass is 32.1.